The van der Waals surface area contributed by atoms with Gasteiger partial charge in [-0.2, -0.15) is 0 Å². The monoisotopic (exact) mass is 279 g/mol. The Morgan fingerprint density at radius 3 is 2.69 bits per heavy atom. The van der Waals surface area contributed by atoms with Crippen molar-refractivity contribution in [3.05, 3.63) is 28.2 Å². The number of alkyl halides is 1. The molecule has 5 heteroatoms. The molecule has 1 rings (SSSR count). The van der Waals surface area contributed by atoms with Crippen molar-refractivity contribution in [3.8, 4) is 0 Å². The topological polar surface area (TPSA) is 29.1 Å². The van der Waals surface area contributed by atoms with E-state index in [1.165, 1.54) is 0 Å². The Morgan fingerprint density at radius 1 is 1.25 bits per heavy atom. The zero-order valence-electron chi connectivity index (χ0n) is 8.60. The molecule has 0 aliphatic heterocycles. The molecule has 0 spiro atoms. The summed E-state index contributed by atoms with van der Waals surface area (Å²) in [6.45, 7) is 0. The molecule has 0 saturated carbocycles. The van der Waals surface area contributed by atoms with Crippen molar-refractivity contribution in [2.45, 2.75) is 19.3 Å². The summed E-state index contributed by atoms with van der Waals surface area (Å²) < 4.78 is 0. The first-order chi connectivity index (χ1) is 7.65. The van der Waals surface area contributed by atoms with Gasteiger partial charge in [-0.3, -0.25) is 4.79 Å². The second-order valence-corrected chi connectivity index (χ2v) is 4.46. The quantitative estimate of drug-likeness (QED) is 0.631. The SMILES string of the molecule is O=C(CCCCCl)Nc1cccc(Cl)c1Cl. The van der Waals surface area contributed by atoms with Crippen LogP contribution in [0.3, 0.4) is 0 Å². The average Bonchev–Trinajstić information content (AvgIpc) is 2.25. The van der Waals surface area contributed by atoms with Crippen LogP contribution in [0.2, 0.25) is 10.0 Å². The van der Waals surface area contributed by atoms with Crippen molar-refractivity contribution in [2.24, 2.45) is 0 Å². The summed E-state index contributed by atoms with van der Waals surface area (Å²) in [6.07, 6.45) is 2.04. The number of rotatable bonds is 5. The van der Waals surface area contributed by atoms with Crippen molar-refractivity contribution >= 4 is 46.4 Å². The number of carbonyl (C=O) groups is 1. The highest BCUT2D eigenvalue weighted by Gasteiger charge is 2.07. The van der Waals surface area contributed by atoms with Gasteiger partial charge in [-0.25, -0.2) is 0 Å². The summed E-state index contributed by atoms with van der Waals surface area (Å²) in [6, 6.07) is 5.13. The Hall–Kier alpha value is -0.440. The number of anilines is 1. The van der Waals surface area contributed by atoms with E-state index in [2.05, 4.69) is 5.32 Å². The first-order valence-corrected chi connectivity index (χ1v) is 6.24. The Morgan fingerprint density at radius 2 is 2.00 bits per heavy atom. The van der Waals surface area contributed by atoms with Crippen LogP contribution in [0, 0.1) is 0 Å². The third-order valence-electron chi connectivity index (χ3n) is 2.01. The van der Waals surface area contributed by atoms with Crippen molar-refractivity contribution in [1.29, 1.82) is 0 Å². The molecular weight excluding hydrogens is 268 g/mol. The fourth-order valence-electron chi connectivity index (χ4n) is 1.19. The lowest BCUT2D eigenvalue weighted by atomic mass is 10.2. The van der Waals surface area contributed by atoms with E-state index in [4.69, 9.17) is 34.8 Å². The Kier molecular flexibility index (Phi) is 5.96. The number of carbonyl (C=O) groups excluding carboxylic acids is 1. The standard InChI is InChI=1S/C11H12Cl3NO/c12-7-2-1-6-10(16)15-9-5-3-4-8(13)11(9)14/h3-5H,1-2,6-7H2,(H,15,16). The molecule has 0 aromatic heterocycles. The fraction of sp³-hybridized carbons (Fsp3) is 0.364. The molecule has 0 unspecified atom stereocenters. The maximum absolute atomic E-state index is 11.5. The number of hydrogen-bond acceptors (Lipinski definition) is 1. The molecule has 16 heavy (non-hydrogen) atoms. The summed E-state index contributed by atoms with van der Waals surface area (Å²) in [5.74, 6) is 0.500. The Balaban J connectivity index is 2.53. The molecule has 1 aromatic rings. The largest absolute Gasteiger partial charge is 0.325 e. The molecule has 1 N–H and O–H groups in total. The second kappa shape index (κ2) is 7.00. The van der Waals surface area contributed by atoms with Gasteiger partial charge in [0.2, 0.25) is 5.91 Å². The number of halogens is 3. The van der Waals surface area contributed by atoms with Gasteiger partial charge in [0.15, 0.2) is 0 Å². The van der Waals surface area contributed by atoms with Crippen LogP contribution >= 0.6 is 34.8 Å². The summed E-state index contributed by atoms with van der Waals surface area (Å²) in [5.41, 5.74) is 0.546. The van der Waals surface area contributed by atoms with Gasteiger partial charge in [-0.15, -0.1) is 11.6 Å². The van der Waals surface area contributed by atoms with Gasteiger partial charge < -0.3 is 5.32 Å². The Bertz CT molecular complexity index is 368. The molecule has 0 heterocycles. The van der Waals surface area contributed by atoms with Gasteiger partial charge in [-0.1, -0.05) is 29.3 Å². The molecule has 0 fully saturated rings. The van der Waals surface area contributed by atoms with E-state index in [1.54, 1.807) is 18.2 Å². The van der Waals surface area contributed by atoms with E-state index in [0.717, 1.165) is 12.8 Å². The number of nitrogens with one attached hydrogen (secondary N) is 1. The molecule has 0 aliphatic carbocycles. The first kappa shape index (κ1) is 13.6. The van der Waals surface area contributed by atoms with E-state index < -0.39 is 0 Å². The minimum atomic E-state index is -0.0747. The molecule has 1 aromatic carbocycles. The van der Waals surface area contributed by atoms with Crippen LogP contribution in [0.15, 0.2) is 18.2 Å². The zero-order chi connectivity index (χ0) is 12.0. The second-order valence-electron chi connectivity index (χ2n) is 3.30. The first-order valence-electron chi connectivity index (χ1n) is 4.95. The van der Waals surface area contributed by atoms with Crippen molar-refractivity contribution in [1.82, 2.24) is 0 Å². The zero-order valence-corrected chi connectivity index (χ0v) is 10.9. The third kappa shape index (κ3) is 4.20. The average molecular weight is 281 g/mol. The van der Waals surface area contributed by atoms with Crippen LogP contribution in [0.5, 0.6) is 0 Å². The predicted molar refractivity (Wildman–Crippen MR) is 69.7 cm³/mol. The number of hydrogen-bond donors (Lipinski definition) is 1. The van der Waals surface area contributed by atoms with Crippen molar-refractivity contribution in [2.75, 3.05) is 11.2 Å². The highest BCUT2D eigenvalue weighted by atomic mass is 35.5. The molecule has 2 nitrogen and oxygen atoms in total. The number of amides is 1. The van der Waals surface area contributed by atoms with E-state index in [1.807, 2.05) is 0 Å². The van der Waals surface area contributed by atoms with Gasteiger partial charge in [0.1, 0.15) is 0 Å². The van der Waals surface area contributed by atoms with Crippen molar-refractivity contribution in [3.63, 3.8) is 0 Å². The van der Waals surface area contributed by atoms with E-state index in [-0.39, 0.29) is 5.91 Å². The molecule has 0 atom stereocenters. The highest BCUT2D eigenvalue weighted by Crippen LogP contribution is 2.29. The molecule has 0 bridgehead atoms. The Labute approximate surface area is 110 Å². The summed E-state index contributed by atoms with van der Waals surface area (Å²) in [4.78, 5) is 11.5. The van der Waals surface area contributed by atoms with Crippen LogP contribution in [-0.4, -0.2) is 11.8 Å². The summed E-state index contributed by atoms with van der Waals surface area (Å²) >= 11 is 17.3. The third-order valence-corrected chi connectivity index (χ3v) is 3.10. The van der Waals surface area contributed by atoms with E-state index >= 15 is 0 Å². The minimum absolute atomic E-state index is 0.0747. The highest BCUT2D eigenvalue weighted by molar-refractivity contribution is 6.43. The smallest absolute Gasteiger partial charge is 0.224 e. The maximum atomic E-state index is 11.5. The van der Waals surface area contributed by atoms with E-state index in [0.29, 0.717) is 28.0 Å². The molecule has 88 valence electrons. The summed E-state index contributed by atoms with van der Waals surface area (Å²) in [7, 11) is 0. The van der Waals surface area contributed by atoms with Gasteiger partial charge in [0.25, 0.3) is 0 Å². The molecule has 0 radical (unpaired) electrons. The van der Waals surface area contributed by atoms with Crippen LogP contribution in [0.4, 0.5) is 5.69 Å². The lowest BCUT2D eigenvalue weighted by molar-refractivity contribution is -0.116. The van der Waals surface area contributed by atoms with Gasteiger partial charge in [0, 0.05) is 12.3 Å². The molecule has 0 saturated heterocycles. The molecule has 1 amide bonds. The normalized spacial score (nSPS) is 10.2. The van der Waals surface area contributed by atoms with Crippen molar-refractivity contribution < 1.29 is 4.79 Å². The van der Waals surface area contributed by atoms with E-state index in [9.17, 15) is 4.79 Å². The number of benzene rings is 1. The molecule has 0 aliphatic rings. The fourth-order valence-corrected chi connectivity index (χ4v) is 1.73. The van der Waals surface area contributed by atoms with Gasteiger partial charge in [0.05, 0.1) is 15.7 Å². The number of unbranched alkanes of at least 4 members (excludes halogenated alkanes) is 1. The van der Waals surface area contributed by atoms with Crippen LogP contribution < -0.4 is 5.32 Å². The lowest BCUT2D eigenvalue weighted by Gasteiger charge is -2.07. The molecular formula is C11H12Cl3NO. The van der Waals surface area contributed by atoms with Gasteiger partial charge in [-0.05, 0) is 25.0 Å². The summed E-state index contributed by atoms with van der Waals surface area (Å²) in [5, 5.41) is 3.51. The minimum Gasteiger partial charge on any atom is -0.325 e. The maximum Gasteiger partial charge on any atom is 0.224 e. The van der Waals surface area contributed by atoms with Gasteiger partial charge >= 0.3 is 0 Å². The van der Waals surface area contributed by atoms with Crippen LogP contribution in [-0.2, 0) is 4.79 Å². The lowest BCUT2D eigenvalue weighted by Crippen LogP contribution is -2.11. The predicted octanol–water partition coefficient (Wildman–Crippen LogP) is 4.34. The van der Waals surface area contributed by atoms with Crippen LogP contribution in [0.25, 0.3) is 0 Å². The van der Waals surface area contributed by atoms with Crippen LogP contribution in [0.1, 0.15) is 19.3 Å².